The topological polar surface area (TPSA) is 92.9 Å². The van der Waals surface area contributed by atoms with Crippen LogP contribution in [0.4, 0.5) is 0 Å². The van der Waals surface area contributed by atoms with Crippen molar-refractivity contribution < 1.29 is 18.3 Å². The monoisotopic (exact) mass is 392 g/mol. The van der Waals surface area contributed by atoms with Gasteiger partial charge in [0.25, 0.3) is 5.91 Å². The standard InChI is InChI=1S/C18H17ClN2O4S/c19-15-9-7-14(8-10-15)13-21(26(23)24)11-3-4-12-25-17-6-2-1-5-16(17)18(20)22/h1-2,5-10H,11-13H2,(H2,20,22)(H,23,24). The molecule has 1 amide bonds. The van der Waals surface area contributed by atoms with Crippen LogP contribution in [0.1, 0.15) is 15.9 Å². The van der Waals surface area contributed by atoms with Crippen LogP contribution in [0.2, 0.25) is 5.02 Å². The molecule has 0 aromatic heterocycles. The Kier molecular flexibility index (Phi) is 7.63. The highest BCUT2D eigenvalue weighted by atomic mass is 35.5. The number of para-hydroxylation sites is 1. The second-order valence-corrected chi connectivity index (χ2v) is 6.57. The minimum atomic E-state index is -2.16. The molecule has 136 valence electrons. The van der Waals surface area contributed by atoms with E-state index in [9.17, 15) is 13.6 Å². The highest BCUT2D eigenvalue weighted by Gasteiger charge is 2.10. The molecule has 0 aliphatic rings. The zero-order chi connectivity index (χ0) is 18.9. The number of hydrogen-bond donors (Lipinski definition) is 2. The maximum Gasteiger partial charge on any atom is 0.252 e. The number of benzene rings is 2. The summed E-state index contributed by atoms with van der Waals surface area (Å²) in [5.41, 5.74) is 6.38. The number of hydrogen-bond acceptors (Lipinski definition) is 3. The number of halogens is 1. The zero-order valence-corrected chi connectivity index (χ0v) is 15.3. The van der Waals surface area contributed by atoms with Crippen molar-refractivity contribution in [2.75, 3.05) is 13.2 Å². The van der Waals surface area contributed by atoms with Gasteiger partial charge in [-0.3, -0.25) is 9.35 Å². The summed E-state index contributed by atoms with van der Waals surface area (Å²) in [5.74, 6) is 5.28. The second-order valence-electron chi connectivity index (χ2n) is 5.16. The minimum Gasteiger partial charge on any atom is -0.480 e. The van der Waals surface area contributed by atoms with E-state index in [1.807, 2.05) is 0 Å². The van der Waals surface area contributed by atoms with Gasteiger partial charge >= 0.3 is 0 Å². The molecule has 0 aliphatic heterocycles. The summed E-state index contributed by atoms with van der Waals surface area (Å²) in [7, 11) is 0. The molecule has 0 aliphatic carbocycles. The summed E-state index contributed by atoms with van der Waals surface area (Å²) < 4.78 is 27.5. The maximum absolute atomic E-state index is 11.4. The Morgan fingerprint density at radius 3 is 2.54 bits per heavy atom. The van der Waals surface area contributed by atoms with Crippen LogP contribution in [0, 0.1) is 11.8 Å². The Hall–Kier alpha value is -2.37. The number of nitrogens with zero attached hydrogens (tertiary/aromatic N) is 1. The van der Waals surface area contributed by atoms with Crippen molar-refractivity contribution in [2.45, 2.75) is 6.54 Å². The maximum atomic E-state index is 11.4. The van der Waals surface area contributed by atoms with Gasteiger partial charge in [-0.15, -0.1) is 0 Å². The van der Waals surface area contributed by atoms with Gasteiger partial charge < -0.3 is 10.5 Å². The van der Waals surface area contributed by atoms with Gasteiger partial charge in [0.15, 0.2) is 0 Å². The fourth-order valence-electron chi connectivity index (χ4n) is 2.06. The van der Waals surface area contributed by atoms with Crippen molar-refractivity contribution in [3.8, 4) is 17.6 Å². The summed E-state index contributed by atoms with van der Waals surface area (Å²) >= 11 is 3.66. The molecule has 0 saturated carbocycles. The quantitative estimate of drug-likeness (QED) is 0.559. The first-order chi connectivity index (χ1) is 12.5. The predicted octanol–water partition coefficient (Wildman–Crippen LogP) is 2.46. The van der Waals surface area contributed by atoms with E-state index < -0.39 is 17.2 Å². The van der Waals surface area contributed by atoms with Gasteiger partial charge in [-0.2, -0.15) is 4.31 Å². The lowest BCUT2D eigenvalue weighted by Crippen LogP contribution is -2.25. The minimum absolute atomic E-state index is 0.0249. The van der Waals surface area contributed by atoms with Gasteiger partial charge in [0.05, 0.1) is 12.1 Å². The van der Waals surface area contributed by atoms with E-state index in [-0.39, 0.29) is 25.3 Å². The van der Waals surface area contributed by atoms with Crippen molar-refractivity contribution in [3.05, 3.63) is 64.7 Å². The Balaban J connectivity index is 1.91. The van der Waals surface area contributed by atoms with Crippen LogP contribution in [0.5, 0.6) is 5.75 Å². The molecule has 0 heterocycles. The first-order valence-corrected chi connectivity index (χ1v) is 8.99. The van der Waals surface area contributed by atoms with Crippen LogP contribution < -0.4 is 10.5 Å². The molecule has 0 spiro atoms. The van der Waals surface area contributed by atoms with Gasteiger partial charge in [-0.05, 0) is 29.8 Å². The average Bonchev–Trinajstić information content (AvgIpc) is 2.62. The molecule has 1 atom stereocenters. The summed E-state index contributed by atoms with van der Waals surface area (Å²) in [5, 5.41) is 0.596. The van der Waals surface area contributed by atoms with Gasteiger partial charge in [-0.25, -0.2) is 4.21 Å². The van der Waals surface area contributed by atoms with Crippen molar-refractivity contribution in [2.24, 2.45) is 5.73 Å². The van der Waals surface area contributed by atoms with Gasteiger partial charge in [0, 0.05) is 11.6 Å². The lowest BCUT2D eigenvalue weighted by Gasteiger charge is -2.14. The number of carbonyl (C=O) groups excluding carboxylic acids is 1. The average molecular weight is 393 g/mol. The van der Waals surface area contributed by atoms with Gasteiger partial charge in [0.2, 0.25) is 11.3 Å². The molecule has 6 nitrogen and oxygen atoms in total. The molecule has 0 fully saturated rings. The SMILES string of the molecule is NC(=O)c1ccccc1OCC#CCN(Cc1ccc(Cl)cc1)S(=O)O. The van der Waals surface area contributed by atoms with E-state index in [1.165, 1.54) is 4.31 Å². The van der Waals surface area contributed by atoms with Gasteiger partial charge in [0.1, 0.15) is 12.4 Å². The highest BCUT2D eigenvalue weighted by molar-refractivity contribution is 7.76. The third kappa shape index (κ3) is 6.17. The first kappa shape index (κ1) is 19.9. The fraction of sp³-hybridized carbons (Fsp3) is 0.167. The van der Waals surface area contributed by atoms with Crippen molar-refractivity contribution in [1.29, 1.82) is 0 Å². The van der Waals surface area contributed by atoms with Crippen LogP contribution >= 0.6 is 11.6 Å². The molecular formula is C18H17ClN2O4S. The molecule has 8 heteroatoms. The van der Waals surface area contributed by atoms with Crippen molar-refractivity contribution >= 4 is 28.8 Å². The number of amides is 1. The molecule has 0 radical (unpaired) electrons. The van der Waals surface area contributed by atoms with E-state index in [1.54, 1.807) is 48.5 Å². The molecule has 3 N–H and O–H groups in total. The fourth-order valence-corrected chi connectivity index (χ4v) is 2.63. The molecule has 2 aromatic rings. The van der Waals surface area contributed by atoms with E-state index >= 15 is 0 Å². The highest BCUT2D eigenvalue weighted by Crippen LogP contribution is 2.16. The van der Waals surface area contributed by atoms with Crippen molar-refractivity contribution in [1.82, 2.24) is 4.31 Å². The van der Waals surface area contributed by atoms with E-state index in [0.29, 0.717) is 10.8 Å². The number of primary amides is 1. The van der Waals surface area contributed by atoms with Crippen LogP contribution in [0.25, 0.3) is 0 Å². The van der Waals surface area contributed by atoms with Crippen LogP contribution in [0.3, 0.4) is 0 Å². The first-order valence-electron chi connectivity index (χ1n) is 7.55. The Bertz CT molecular complexity index is 846. The molecule has 2 aromatic carbocycles. The van der Waals surface area contributed by atoms with Crippen LogP contribution in [-0.2, 0) is 17.8 Å². The Morgan fingerprint density at radius 1 is 1.19 bits per heavy atom. The molecule has 26 heavy (non-hydrogen) atoms. The molecule has 1 unspecified atom stereocenters. The third-order valence-corrected chi connectivity index (χ3v) is 4.28. The largest absolute Gasteiger partial charge is 0.480 e. The van der Waals surface area contributed by atoms with E-state index in [2.05, 4.69) is 11.8 Å². The molecule has 0 bridgehead atoms. The zero-order valence-electron chi connectivity index (χ0n) is 13.7. The smallest absolute Gasteiger partial charge is 0.252 e. The van der Waals surface area contributed by atoms with Crippen molar-refractivity contribution in [3.63, 3.8) is 0 Å². The number of rotatable bonds is 7. The lowest BCUT2D eigenvalue weighted by molar-refractivity contribution is 0.0997. The molecular weight excluding hydrogens is 376 g/mol. The summed E-state index contributed by atoms with van der Waals surface area (Å²) in [6.07, 6.45) is 0. The summed E-state index contributed by atoms with van der Waals surface area (Å²) in [6.45, 7) is 0.351. The molecule has 0 saturated heterocycles. The van der Waals surface area contributed by atoms with Crippen LogP contribution in [0.15, 0.2) is 48.5 Å². The van der Waals surface area contributed by atoms with E-state index in [4.69, 9.17) is 22.1 Å². The number of nitrogens with two attached hydrogens (primary N) is 1. The summed E-state index contributed by atoms with van der Waals surface area (Å²) in [6, 6.07) is 13.6. The summed E-state index contributed by atoms with van der Waals surface area (Å²) in [4.78, 5) is 11.3. The Morgan fingerprint density at radius 2 is 1.88 bits per heavy atom. The Labute approximate surface area is 159 Å². The van der Waals surface area contributed by atoms with Crippen LogP contribution in [-0.4, -0.2) is 32.1 Å². The van der Waals surface area contributed by atoms with Gasteiger partial charge in [-0.1, -0.05) is 47.7 Å². The lowest BCUT2D eigenvalue weighted by atomic mass is 10.2. The normalized spacial score (nSPS) is 11.5. The third-order valence-electron chi connectivity index (χ3n) is 3.33. The molecule has 2 rings (SSSR count). The number of ether oxygens (including phenoxy) is 1. The second kappa shape index (κ2) is 9.94. The number of carbonyl (C=O) groups is 1. The van der Waals surface area contributed by atoms with E-state index in [0.717, 1.165) is 5.56 Å². The predicted molar refractivity (Wildman–Crippen MR) is 101 cm³/mol.